The van der Waals surface area contributed by atoms with Crippen molar-refractivity contribution in [3.8, 4) is 6.07 Å². The second-order valence-corrected chi connectivity index (χ2v) is 3.15. The third-order valence-electron chi connectivity index (χ3n) is 2.04. The zero-order valence-corrected chi connectivity index (χ0v) is 8.07. The summed E-state index contributed by atoms with van der Waals surface area (Å²) in [7, 11) is 0. The van der Waals surface area contributed by atoms with Crippen LogP contribution in [0.1, 0.15) is 36.0 Å². The molecule has 0 aliphatic rings. The topological polar surface area (TPSA) is 40.9 Å². The van der Waals surface area contributed by atoms with E-state index in [0.29, 0.717) is 12.8 Å². The molecule has 1 aromatic carbocycles. The van der Waals surface area contributed by atoms with Crippen molar-refractivity contribution in [3.05, 3.63) is 35.9 Å². The molecule has 0 amide bonds. The van der Waals surface area contributed by atoms with Crippen LogP contribution in [0.3, 0.4) is 0 Å². The molecule has 0 aliphatic heterocycles. The van der Waals surface area contributed by atoms with Crippen molar-refractivity contribution in [1.82, 2.24) is 0 Å². The van der Waals surface area contributed by atoms with Gasteiger partial charge >= 0.3 is 0 Å². The third-order valence-corrected chi connectivity index (χ3v) is 2.04. The summed E-state index contributed by atoms with van der Waals surface area (Å²) in [5.41, 5.74) is 0.768. The molecule has 0 atom stereocenters. The SMILES string of the molecule is N#CCCCCC(=[18O])c1ccccc1. The summed E-state index contributed by atoms with van der Waals surface area (Å²) in [6, 6.07) is 11.3. The van der Waals surface area contributed by atoms with Crippen LogP contribution in [0.15, 0.2) is 30.3 Å². The number of nitrogens with zero attached hydrogens (tertiary/aromatic N) is 1. The number of hydrogen-bond acceptors (Lipinski definition) is 2. The fourth-order valence-electron chi connectivity index (χ4n) is 1.26. The van der Waals surface area contributed by atoms with Gasteiger partial charge < -0.3 is 0 Å². The molecule has 0 spiro atoms. The number of ketones is 1. The summed E-state index contributed by atoms with van der Waals surface area (Å²) in [6.45, 7) is 0. The summed E-state index contributed by atoms with van der Waals surface area (Å²) in [4.78, 5) is 11.5. The summed E-state index contributed by atoms with van der Waals surface area (Å²) in [5, 5.41) is 8.31. The second kappa shape index (κ2) is 5.93. The molecule has 1 aromatic rings. The van der Waals surface area contributed by atoms with Gasteiger partial charge in [0.1, 0.15) is 0 Å². The minimum atomic E-state index is 0.170. The van der Waals surface area contributed by atoms with Gasteiger partial charge in [-0.1, -0.05) is 30.3 Å². The number of hydrogen-bond donors (Lipinski definition) is 0. The molecule has 0 aromatic heterocycles. The van der Waals surface area contributed by atoms with E-state index in [1.165, 1.54) is 0 Å². The Morgan fingerprint density at radius 2 is 1.93 bits per heavy atom. The monoisotopic (exact) mass is 189 g/mol. The summed E-state index contributed by atoms with van der Waals surface area (Å²) < 4.78 is 0. The highest BCUT2D eigenvalue weighted by Crippen LogP contribution is 2.07. The van der Waals surface area contributed by atoms with Gasteiger partial charge in [-0.15, -0.1) is 0 Å². The smallest absolute Gasteiger partial charge is 0.162 e. The lowest BCUT2D eigenvalue weighted by Gasteiger charge is -1.98. The van der Waals surface area contributed by atoms with Crippen molar-refractivity contribution in [2.75, 3.05) is 0 Å². The first kappa shape index (κ1) is 10.5. The molecule has 0 heterocycles. The zero-order chi connectivity index (χ0) is 10.2. The standard InChI is InChI=1S/C12H13NO/c13-10-6-2-5-9-12(14)11-7-3-1-4-8-11/h1,3-4,7-8H,2,5-6,9H2/i14+2. The molecule has 0 fully saturated rings. The van der Waals surface area contributed by atoms with Crippen molar-refractivity contribution >= 4 is 5.78 Å². The van der Waals surface area contributed by atoms with E-state index in [1.807, 2.05) is 30.3 Å². The molecule has 72 valence electrons. The summed E-state index contributed by atoms with van der Waals surface area (Å²) in [5.74, 6) is 0.170. The van der Waals surface area contributed by atoms with Crippen LogP contribution in [0.4, 0.5) is 0 Å². The summed E-state index contributed by atoms with van der Waals surface area (Å²) >= 11 is 0. The van der Waals surface area contributed by atoms with Crippen LogP contribution in [0.25, 0.3) is 0 Å². The molecule has 1 rings (SSSR count). The predicted molar refractivity (Wildman–Crippen MR) is 54.9 cm³/mol. The lowest BCUT2D eigenvalue weighted by molar-refractivity contribution is 0.0979. The molecule has 0 N–H and O–H groups in total. The van der Waals surface area contributed by atoms with E-state index in [9.17, 15) is 4.79 Å². The zero-order valence-electron chi connectivity index (χ0n) is 8.07. The molecular weight excluding hydrogens is 176 g/mol. The quantitative estimate of drug-likeness (QED) is 0.406. The minimum absolute atomic E-state index is 0.170. The third kappa shape index (κ3) is 3.40. The Morgan fingerprint density at radius 3 is 2.57 bits per heavy atom. The second-order valence-electron chi connectivity index (χ2n) is 3.15. The Balaban J connectivity index is 2.33. The number of rotatable bonds is 5. The van der Waals surface area contributed by atoms with Gasteiger partial charge in [-0.25, -0.2) is 0 Å². The van der Waals surface area contributed by atoms with E-state index >= 15 is 0 Å². The lowest BCUT2D eigenvalue weighted by atomic mass is 10.1. The predicted octanol–water partition coefficient (Wildman–Crippen LogP) is 2.95. The first-order chi connectivity index (χ1) is 6.84. The van der Waals surface area contributed by atoms with E-state index in [-0.39, 0.29) is 5.78 Å². The minimum Gasteiger partial charge on any atom is -0.294 e. The Morgan fingerprint density at radius 1 is 1.21 bits per heavy atom. The van der Waals surface area contributed by atoms with E-state index in [0.717, 1.165) is 18.4 Å². The van der Waals surface area contributed by atoms with E-state index in [1.54, 1.807) is 0 Å². The first-order valence-corrected chi connectivity index (χ1v) is 4.80. The van der Waals surface area contributed by atoms with Gasteiger partial charge in [0.05, 0.1) is 6.07 Å². The summed E-state index contributed by atoms with van der Waals surface area (Å²) in [6.07, 6.45) is 2.71. The number of unbranched alkanes of at least 4 members (excludes halogenated alkanes) is 2. The van der Waals surface area contributed by atoms with Crippen molar-refractivity contribution in [2.24, 2.45) is 0 Å². The number of Topliss-reactive ketones (excluding diaryl/α,β-unsaturated/α-hetero) is 1. The fourth-order valence-corrected chi connectivity index (χ4v) is 1.26. The molecule has 0 aliphatic carbocycles. The highest BCUT2D eigenvalue weighted by Gasteiger charge is 2.03. The van der Waals surface area contributed by atoms with Crippen molar-refractivity contribution in [2.45, 2.75) is 25.7 Å². The van der Waals surface area contributed by atoms with Crippen LogP contribution in [-0.2, 0) is 0 Å². The Labute approximate surface area is 84.2 Å². The van der Waals surface area contributed by atoms with Crippen LogP contribution in [-0.4, -0.2) is 5.78 Å². The largest absolute Gasteiger partial charge is 0.294 e. The highest BCUT2D eigenvalue weighted by molar-refractivity contribution is 5.95. The van der Waals surface area contributed by atoms with Gasteiger partial charge in [0.2, 0.25) is 0 Å². The van der Waals surface area contributed by atoms with Crippen LogP contribution < -0.4 is 0 Å². The van der Waals surface area contributed by atoms with E-state index in [2.05, 4.69) is 6.07 Å². The van der Waals surface area contributed by atoms with Gasteiger partial charge in [-0.2, -0.15) is 5.26 Å². The number of benzene rings is 1. The van der Waals surface area contributed by atoms with E-state index in [4.69, 9.17) is 5.26 Å². The van der Waals surface area contributed by atoms with Crippen molar-refractivity contribution < 1.29 is 4.79 Å². The highest BCUT2D eigenvalue weighted by atomic mass is 18.1. The number of nitriles is 1. The van der Waals surface area contributed by atoms with Crippen molar-refractivity contribution in [1.29, 1.82) is 5.26 Å². The van der Waals surface area contributed by atoms with Gasteiger partial charge in [-0.3, -0.25) is 4.79 Å². The molecule has 0 radical (unpaired) electrons. The van der Waals surface area contributed by atoms with Gasteiger partial charge in [0, 0.05) is 18.4 Å². The first-order valence-electron chi connectivity index (χ1n) is 4.80. The molecule has 0 saturated heterocycles. The molecule has 0 bridgehead atoms. The maximum absolute atomic E-state index is 11.5. The maximum atomic E-state index is 11.5. The van der Waals surface area contributed by atoms with Gasteiger partial charge in [-0.05, 0) is 12.8 Å². The fraction of sp³-hybridized carbons (Fsp3) is 0.333. The van der Waals surface area contributed by atoms with Crippen molar-refractivity contribution in [3.63, 3.8) is 0 Å². The average Bonchev–Trinajstić information content (AvgIpc) is 2.25. The number of carbonyl (C=O) groups excluding carboxylic acids is 1. The Hall–Kier alpha value is -1.62. The van der Waals surface area contributed by atoms with Crippen LogP contribution in [0.2, 0.25) is 0 Å². The molecule has 14 heavy (non-hydrogen) atoms. The maximum Gasteiger partial charge on any atom is 0.162 e. The molecular formula is C12H13NO. The van der Waals surface area contributed by atoms with Crippen LogP contribution >= 0.6 is 0 Å². The molecule has 2 nitrogen and oxygen atoms in total. The molecule has 2 heteroatoms. The van der Waals surface area contributed by atoms with Crippen LogP contribution in [0, 0.1) is 11.3 Å². The van der Waals surface area contributed by atoms with E-state index < -0.39 is 0 Å². The lowest BCUT2D eigenvalue weighted by Crippen LogP contribution is -1.97. The molecule has 0 unspecified atom stereocenters. The van der Waals surface area contributed by atoms with Gasteiger partial charge in [0.15, 0.2) is 5.78 Å². The van der Waals surface area contributed by atoms with Crippen LogP contribution in [0.5, 0.6) is 0 Å². The van der Waals surface area contributed by atoms with Gasteiger partial charge in [0.25, 0.3) is 0 Å². The number of carbonyl (C=O) groups is 1. The Kier molecular flexibility index (Phi) is 4.43. The normalized spacial score (nSPS) is 9.36. The average molecular weight is 189 g/mol. The molecule has 0 saturated carbocycles. The Bertz CT molecular complexity index is 324.